The summed E-state index contributed by atoms with van der Waals surface area (Å²) in [5, 5.41) is 8.89. The Morgan fingerprint density at radius 3 is 2.70 bits per heavy atom. The molecular weight excluding hydrogens is 351 g/mol. The largest absolute Gasteiger partial charge is 0.493 e. The van der Waals surface area contributed by atoms with Crippen molar-refractivity contribution in [1.82, 2.24) is 4.98 Å². The highest BCUT2D eigenvalue weighted by molar-refractivity contribution is 5.73. The predicted octanol–water partition coefficient (Wildman–Crippen LogP) is 3.90. The van der Waals surface area contributed by atoms with Crippen LogP contribution in [-0.2, 0) is 11.2 Å². The molecule has 27 heavy (non-hydrogen) atoms. The minimum atomic E-state index is -0.487. The fourth-order valence-corrected chi connectivity index (χ4v) is 2.38. The zero-order valence-electron chi connectivity index (χ0n) is 14.4. The Balaban J connectivity index is 1.60. The van der Waals surface area contributed by atoms with Crippen LogP contribution in [0.4, 0.5) is 4.39 Å². The number of hydrogen-bond acceptors (Lipinski definition) is 6. The van der Waals surface area contributed by atoms with Crippen LogP contribution in [0.5, 0.6) is 11.5 Å². The Bertz CT molecular complexity index is 990. The van der Waals surface area contributed by atoms with Crippen molar-refractivity contribution in [1.29, 1.82) is 5.26 Å². The van der Waals surface area contributed by atoms with Crippen molar-refractivity contribution in [3.63, 3.8) is 0 Å². The molecule has 0 spiro atoms. The van der Waals surface area contributed by atoms with Crippen LogP contribution in [0.25, 0.3) is 11.3 Å². The van der Waals surface area contributed by atoms with E-state index in [-0.39, 0.29) is 24.4 Å². The molecule has 0 bridgehead atoms. The number of nitriles is 1. The number of esters is 1. The van der Waals surface area contributed by atoms with Gasteiger partial charge in [-0.25, -0.2) is 9.37 Å². The van der Waals surface area contributed by atoms with Gasteiger partial charge in [-0.1, -0.05) is 0 Å². The molecular formula is C20H15FN2O4. The topological polar surface area (TPSA) is 85.4 Å². The molecule has 0 saturated heterocycles. The van der Waals surface area contributed by atoms with Crippen molar-refractivity contribution in [3.05, 3.63) is 65.9 Å². The Morgan fingerprint density at radius 2 is 2.00 bits per heavy atom. The van der Waals surface area contributed by atoms with Crippen LogP contribution >= 0.6 is 0 Å². The van der Waals surface area contributed by atoms with Gasteiger partial charge in [0, 0.05) is 18.1 Å². The minimum Gasteiger partial charge on any atom is -0.493 e. The highest BCUT2D eigenvalue weighted by Crippen LogP contribution is 2.28. The second kappa shape index (κ2) is 8.15. The Hall–Kier alpha value is -3.66. The Morgan fingerprint density at radius 1 is 1.22 bits per heavy atom. The molecule has 2 aromatic carbocycles. The van der Waals surface area contributed by atoms with Gasteiger partial charge in [0.1, 0.15) is 5.82 Å². The number of halogens is 1. The first-order valence-corrected chi connectivity index (χ1v) is 8.08. The zero-order chi connectivity index (χ0) is 19.2. The summed E-state index contributed by atoms with van der Waals surface area (Å²) in [6.07, 6.45) is 1.82. The van der Waals surface area contributed by atoms with Gasteiger partial charge in [0.05, 0.1) is 31.4 Å². The average Bonchev–Trinajstić information content (AvgIpc) is 3.16. The number of aromatic nitrogens is 1. The average molecular weight is 366 g/mol. The summed E-state index contributed by atoms with van der Waals surface area (Å²) >= 11 is 0. The number of hydrogen-bond donors (Lipinski definition) is 0. The van der Waals surface area contributed by atoms with Crippen LogP contribution in [0.15, 0.2) is 53.1 Å². The molecule has 0 atom stereocenters. The summed E-state index contributed by atoms with van der Waals surface area (Å²) in [7, 11) is 1.43. The van der Waals surface area contributed by atoms with E-state index in [1.54, 1.807) is 12.1 Å². The second-order valence-corrected chi connectivity index (χ2v) is 5.58. The lowest BCUT2D eigenvalue weighted by atomic mass is 10.2. The fraction of sp³-hybridized carbons (Fsp3) is 0.150. The van der Waals surface area contributed by atoms with Gasteiger partial charge >= 0.3 is 5.97 Å². The molecule has 0 unspecified atom stereocenters. The number of ether oxygens (including phenoxy) is 2. The maximum Gasteiger partial charge on any atom is 0.311 e. The monoisotopic (exact) mass is 366 g/mol. The molecule has 0 aliphatic rings. The number of aryl methyl sites for hydroxylation is 1. The number of carbonyl (C=O) groups is 1. The molecule has 6 nitrogen and oxygen atoms in total. The summed E-state index contributed by atoms with van der Waals surface area (Å²) in [6.45, 7) is 0. The first-order valence-electron chi connectivity index (χ1n) is 8.08. The quantitative estimate of drug-likeness (QED) is 0.486. The number of carbonyl (C=O) groups excluding carboxylic acids is 1. The van der Waals surface area contributed by atoms with Crippen LogP contribution in [0.2, 0.25) is 0 Å². The van der Waals surface area contributed by atoms with Crippen molar-refractivity contribution in [2.24, 2.45) is 0 Å². The van der Waals surface area contributed by atoms with Gasteiger partial charge in [-0.05, 0) is 36.4 Å². The summed E-state index contributed by atoms with van der Waals surface area (Å²) in [6, 6.07) is 12.4. The van der Waals surface area contributed by atoms with Crippen molar-refractivity contribution in [2.45, 2.75) is 12.8 Å². The third-order valence-electron chi connectivity index (χ3n) is 3.74. The fourth-order valence-electron chi connectivity index (χ4n) is 2.38. The number of benzene rings is 2. The molecule has 136 valence electrons. The minimum absolute atomic E-state index is 0.0481. The summed E-state index contributed by atoms with van der Waals surface area (Å²) in [5.74, 6) is 0.585. The van der Waals surface area contributed by atoms with Gasteiger partial charge in [-0.15, -0.1) is 0 Å². The van der Waals surface area contributed by atoms with Crippen LogP contribution in [-0.4, -0.2) is 18.1 Å². The lowest BCUT2D eigenvalue weighted by Crippen LogP contribution is -2.10. The Kier molecular flexibility index (Phi) is 5.47. The van der Waals surface area contributed by atoms with E-state index in [0.29, 0.717) is 28.5 Å². The predicted molar refractivity (Wildman–Crippen MR) is 93.6 cm³/mol. The van der Waals surface area contributed by atoms with Gasteiger partial charge in [-0.2, -0.15) is 5.26 Å². The van der Waals surface area contributed by atoms with E-state index >= 15 is 0 Å². The van der Waals surface area contributed by atoms with Gasteiger partial charge < -0.3 is 13.9 Å². The maximum absolute atomic E-state index is 13.0. The van der Waals surface area contributed by atoms with Crippen molar-refractivity contribution < 1.29 is 23.1 Å². The molecule has 1 aromatic heterocycles. The highest BCUT2D eigenvalue weighted by Gasteiger charge is 2.13. The van der Waals surface area contributed by atoms with Crippen LogP contribution in [0.3, 0.4) is 0 Å². The normalized spacial score (nSPS) is 10.3. The SMILES string of the molecule is COc1cc(C#N)ccc1OC(=O)CCc1ncc(-c2ccc(F)cc2)o1. The number of rotatable bonds is 6. The van der Waals surface area contributed by atoms with Crippen molar-refractivity contribution in [3.8, 4) is 28.9 Å². The standard InChI is InChI=1S/C20H15FN2O4/c1-25-17-10-13(11-22)2-7-16(17)27-20(24)9-8-19-23-12-18(26-19)14-3-5-15(21)6-4-14/h2-7,10,12H,8-9H2,1H3. The first-order chi connectivity index (χ1) is 13.1. The molecule has 0 fully saturated rings. The molecule has 0 aliphatic heterocycles. The zero-order valence-corrected chi connectivity index (χ0v) is 14.4. The van der Waals surface area contributed by atoms with Gasteiger partial charge in [0.15, 0.2) is 23.1 Å². The van der Waals surface area contributed by atoms with E-state index in [1.807, 2.05) is 6.07 Å². The molecule has 0 radical (unpaired) electrons. The van der Waals surface area contributed by atoms with Crippen LogP contribution in [0.1, 0.15) is 17.9 Å². The third-order valence-corrected chi connectivity index (χ3v) is 3.74. The van der Waals surface area contributed by atoms with E-state index < -0.39 is 5.97 Å². The van der Waals surface area contributed by atoms with Crippen molar-refractivity contribution in [2.75, 3.05) is 7.11 Å². The summed E-state index contributed by atoms with van der Waals surface area (Å²) in [4.78, 5) is 16.2. The van der Waals surface area contributed by atoms with Crippen molar-refractivity contribution >= 4 is 5.97 Å². The number of oxazole rings is 1. The molecule has 3 rings (SSSR count). The molecule has 0 N–H and O–H groups in total. The van der Waals surface area contributed by atoms with E-state index in [1.165, 1.54) is 43.6 Å². The van der Waals surface area contributed by atoms with E-state index in [0.717, 1.165) is 0 Å². The number of nitrogens with zero attached hydrogens (tertiary/aromatic N) is 2. The van der Waals surface area contributed by atoms with Crippen LogP contribution in [0, 0.1) is 17.1 Å². The second-order valence-electron chi connectivity index (χ2n) is 5.58. The van der Waals surface area contributed by atoms with Gasteiger partial charge in [0.25, 0.3) is 0 Å². The Labute approximate surface area is 154 Å². The molecule has 3 aromatic rings. The molecule has 1 heterocycles. The maximum atomic E-state index is 13.0. The van der Waals surface area contributed by atoms with Gasteiger partial charge in [0.2, 0.25) is 0 Å². The molecule has 7 heteroatoms. The lowest BCUT2D eigenvalue weighted by Gasteiger charge is -2.08. The number of methoxy groups -OCH3 is 1. The van der Waals surface area contributed by atoms with E-state index in [9.17, 15) is 9.18 Å². The first kappa shape index (κ1) is 18.1. The van der Waals surface area contributed by atoms with E-state index in [4.69, 9.17) is 19.2 Å². The third kappa shape index (κ3) is 4.50. The molecule has 0 saturated carbocycles. The molecule has 0 aliphatic carbocycles. The summed E-state index contributed by atoms with van der Waals surface area (Å²) < 4.78 is 29.0. The lowest BCUT2D eigenvalue weighted by molar-refractivity contribution is -0.134. The van der Waals surface area contributed by atoms with Crippen LogP contribution < -0.4 is 9.47 Å². The smallest absolute Gasteiger partial charge is 0.311 e. The summed E-state index contributed by atoms with van der Waals surface area (Å²) in [5.41, 5.74) is 1.10. The highest BCUT2D eigenvalue weighted by atomic mass is 19.1. The van der Waals surface area contributed by atoms with Gasteiger partial charge in [-0.3, -0.25) is 4.79 Å². The molecule has 0 amide bonds. The van der Waals surface area contributed by atoms with E-state index in [2.05, 4.69) is 4.98 Å².